The van der Waals surface area contributed by atoms with Crippen molar-refractivity contribution in [3.8, 4) is 0 Å². The van der Waals surface area contributed by atoms with E-state index in [1.165, 1.54) is 12.8 Å². The maximum Gasteiger partial charge on any atom is 0.460 e. The minimum atomic E-state index is -0.153. The van der Waals surface area contributed by atoms with Gasteiger partial charge in [-0.25, -0.2) is 0 Å². The van der Waals surface area contributed by atoms with E-state index in [1.54, 1.807) is 0 Å². The molecule has 0 aromatic carbocycles. The summed E-state index contributed by atoms with van der Waals surface area (Å²) in [7, 11) is -0.0696. The molecule has 2 unspecified atom stereocenters. The van der Waals surface area contributed by atoms with Crippen LogP contribution in [0.25, 0.3) is 0 Å². The molecular weight excluding hydrogens is 996 g/mol. The predicted molar refractivity (Wildman–Crippen MR) is 337 cm³/mol. The topological polar surface area (TPSA) is 129 Å². The fraction of sp³-hybridized carbons (Fsp3) is 1.00. The lowest BCUT2D eigenvalue weighted by Crippen LogP contribution is -2.49. The van der Waals surface area contributed by atoms with E-state index in [9.17, 15) is 0 Å². The number of hydrogen-bond acceptors (Lipinski definition) is 14. The summed E-state index contributed by atoms with van der Waals surface area (Å²) in [5, 5.41) is 0. The van der Waals surface area contributed by atoms with Crippen LogP contribution in [0, 0.1) is 5.41 Å². The molecule has 0 amide bonds. The zero-order chi connectivity index (χ0) is 61.5. The lowest BCUT2D eigenvalue weighted by molar-refractivity contribution is -0.0556. The quantitative estimate of drug-likeness (QED) is 0.172. The summed E-state index contributed by atoms with van der Waals surface area (Å²) in [4.78, 5) is 0. The van der Waals surface area contributed by atoms with Crippen molar-refractivity contribution in [2.75, 3.05) is 39.6 Å². The van der Waals surface area contributed by atoms with Gasteiger partial charge in [-0.1, -0.05) is 124 Å². The summed E-state index contributed by atoms with van der Waals surface area (Å²) in [6.07, 6.45) is 6.62. The fourth-order valence-corrected chi connectivity index (χ4v) is 8.29. The second kappa shape index (κ2) is 36.8. The molecule has 0 N–H and O–H groups in total. The Kier molecular flexibility index (Phi) is 36.7. The SMILES string of the molecule is CC(C)B(OC(C)(C)C)OC(C)(C)C.CC(C)B1OC(C)C(C)O1.CC(C)B1OCC(C)(C)CO1.CC(C)B1OCCCO1.CC(C)B1OCCO1.CC(C)B1O[C@]2(C)CCCC[C@]2(C)O1.CC(C)OB(OC(C)(C)C)C(C)C. The largest absolute Gasteiger partial charge is 0.460 e. The first-order valence-corrected chi connectivity index (χ1v) is 31.0. The third-order valence-electron chi connectivity index (χ3n) is 13.2. The van der Waals surface area contributed by atoms with Gasteiger partial charge in [0.05, 0.1) is 36.6 Å². The van der Waals surface area contributed by atoms with Crippen molar-refractivity contribution in [1.29, 1.82) is 0 Å². The Morgan fingerprint density at radius 2 is 0.709 bits per heavy atom. The molecule has 0 radical (unpaired) electrons. The van der Waals surface area contributed by atoms with E-state index in [0.29, 0.717) is 40.7 Å². The van der Waals surface area contributed by atoms with Crippen molar-refractivity contribution in [1.82, 2.24) is 0 Å². The first-order chi connectivity index (χ1) is 35.9. The third kappa shape index (κ3) is 34.6. The molecule has 0 bridgehead atoms. The van der Waals surface area contributed by atoms with Crippen LogP contribution in [0.1, 0.15) is 247 Å². The lowest BCUT2D eigenvalue weighted by Gasteiger charge is -2.43. The Bertz CT molecular complexity index is 1490. The van der Waals surface area contributed by atoms with Gasteiger partial charge in [0, 0.05) is 54.7 Å². The summed E-state index contributed by atoms with van der Waals surface area (Å²) in [6.45, 7) is 69.8. The number of rotatable bonds is 12. The third-order valence-corrected chi connectivity index (χ3v) is 13.2. The van der Waals surface area contributed by atoms with Crippen LogP contribution in [-0.4, -0.2) is 136 Å². The highest BCUT2D eigenvalue weighted by Crippen LogP contribution is 2.49. The number of hydrogen-bond donors (Lipinski definition) is 0. The van der Waals surface area contributed by atoms with E-state index in [1.807, 2.05) is 48.5 Å². The standard InChI is InChI=1S/C11H21BO2.C11H25BO2.C10H23BO2.C8H17BO2.C7H15BO2.C6H13BO2.C5H11BO2/c1-9(2)12-13-10(3)7-5-6-8-11(10,4)14-12;1-9(2)12(13-10(3,4)5)14-11(6,7)8;1-8(2)11(12-9(3)4)13-10(5,6)7;1-7(2)9-10-5-8(3,4)6-11-9;1-5(2)8-9-6(3)7(4)10-8;1-6(2)7-8-4-3-5-9-7;1-5(2)6-7-3-4-8-6/h9H,5-8H2,1-4H3;9H,1-8H3;8-9H,1-7H3;7H,5-6H2,1-4H3;5-7H,1-4H3;6H,3-5H2,1-2H3;5H,3-4H2,1-2H3/t10-,11+;;;;;;. The summed E-state index contributed by atoms with van der Waals surface area (Å²) in [6, 6.07) is 0. The highest BCUT2D eigenvalue weighted by atomic mass is 16.7. The van der Waals surface area contributed by atoms with E-state index < -0.39 is 0 Å². The van der Waals surface area contributed by atoms with Gasteiger partial charge in [-0.05, 0) is 164 Å². The Balaban J connectivity index is 0.000000905. The van der Waals surface area contributed by atoms with Crippen LogP contribution in [0.5, 0.6) is 0 Å². The monoisotopic (exact) mass is 1120 g/mol. The normalized spacial score (nSPS) is 24.3. The van der Waals surface area contributed by atoms with E-state index in [0.717, 1.165) is 58.9 Å². The molecule has 4 atom stereocenters. The molecule has 5 saturated heterocycles. The zero-order valence-electron chi connectivity index (χ0n) is 57.3. The molecular formula is C58H125B7O14. The van der Waals surface area contributed by atoms with Gasteiger partial charge in [-0.2, -0.15) is 0 Å². The Morgan fingerprint density at radius 3 is 0.962 bits per heavy atom. The van der Waals surface area contributed by atoms with E-state index >= 15 is 0 Å². The summed E-state index contributed by atoms with van der Waals surface area (Å²) in [5.74, 6) is 3.13. The van der Waals surface area contributed by atoms with Crippen LogP contribution in [0.4, 0.5) is 0 Å². The summed E-state index contributed by atoms with van der Waals surface area (Å²) in [5.41, 5.74) is -0.323. The van der Waals surface area contributed by atoms with Gasteiger partial charge < -0.3 is 65.2 Å². The Labute approximate surface area is 491 Å². The van der Waals surface area contributed by atoms with Crippen LogP contribution < -0.4 is 0 Å². The summed E-state index contributed by atoms with van der Waals surface area (Å²) >= 11 is 0. The van der Waals surface area contributed by atoms with E-state index in [-0.39, 0.29) is 102 Å². The minimum absolute atomic E-state index is 0.00287. The van der Waals surface area contributed by atoms with Gasteiger partial charge in [0.15, 0.2) is 0 Å². The second-order valence-electron chi connectivity index (χ2n) is 29.4. The van der Waals surface area contributed by atoms with Gasteiger partial charge in [0.25, 0.3) is 0 Å². The molecule has 5 heterocycles. The van der Waals surface area contributed by atoms with Crippen LogP contribution in [0.2, 0.25) is 40.7 Å². The van der Waals surface area contributed by atoms with Gasteiger partial charge in [-0.15, -0.1) is 0 Å². The molecule has 5 aliphatic heterocycles. The molecule has 6 fully saturated rings. The highest BCUT2D eigenvalue weighted by molar-refractivity contribution is 6.48. The van der Waals surface area contributed by atoms with Crippen molar-refractivity contribution in [3.05, 3.63) is 0 Å². The predicted octanol–water partition coefficient (Wildman–Crippen LogP) is 15.6. The van der Waals surface area contributed by atoms with E-state index in [4.69, 9.17) is 65.2 Å². The van der Waals surface area contributed by atoms with E-state index in [2.05, 4.69) is 166 Å². The zero-order valence-corrected chi connectivity index (χ0v) is 57.3. The van der Waals surface area contributed by atoms with Gasteiger partial charge in [-0.3, -0.25) is 0 Å². The maximum absolute atomic E-state index is 6.10. The molecule has 1 saturated carbocycles. The van der Waals surface area contributed by atoms with Crippen molar-refractivity contribution in [2.24, 2.45) is 5.41 Å². The molecule has 0 spiro atoms. The first kappa shape index (κ1) is 78.9. The minimum Gasteiger partial charge on any atom is -0.411 e. The molecule has 462 valence electrons. The van der Waals surface area contributed by atoms with Gasteiger partial charge in [0.2, 0.25) is 0 Å². The van der Waals surface area contributed by atoms with Gasteiger partial charge >= 0.3 is 49.8 Å². The maximum atomic E-state index is 6.10. The highest BCUT2D eigenvalue weighted by Gasteiger charge is 2.58. The summed E-state index contributed by atoms with van der Waals surface area (Å²) < 4.78 is 78.5. The molecule has 21 heteroatoms. The molecule has 6 rings (SSSR count). The molecule has 79 heavy (non-hydrogen) atoms. The van der Waals surface area contributed by atoms with Crippen molar-refractivity contribution in [2.45, 2.75) is 334 Å². The smallest absolute Gasteiger partial charge is 0.411 e. The number of fused-ring (bicyclic) bond motifs is 1. The van der Waals surface area contributed by atoms with Crippen molar-refractivity contribution >= 4 is 49.8 Å². The molecule has 0 aromatic heterocycles. The molecule has 1 aliphatic carbocycles. The first-order valence-electron chi connectivity index (χ1n) is 31.0. The Hall–Kier alpha value is -0.105. The van der Waals surface area contributed by atoms with Crippen LogP contribution in [-0.2, 0) is 65.2 Å². The molecule has 6 aliphatic rings. The fourth-order valence-electron chi connectivity index (χ4n) is 8.29. The molecule has 0 aromatic rings. The average molecular weight is 1120 g/mol. The van der Waals surface area contributed by atoms with Crippen molar-refractivity contribution < 1.29 is 65.2 Å². The molecule has 14 nitrogen and oxygen atoms in total. The van der Waals surface area contributed by atoms with Crippen LogP contribution in [0.3, 0.4) is 0 Å². The Morgan fingerprint density at radius 1 is 0.405 bits per heavy atom. The van der Waals surface area contributed by atoms with Gasteiger partial charge in [0.1, 0.15) is 0 Å². The van der Waals surface area contributed by atoms with Crippen molar-refractivity contribution in [3.63, 3.8) is 0 Å². The van der Waals surface area contributed by atoms with Crippen LogP contribution >= 0.6 is 0 Å². The lowest BCUT2D eigenvalue weighted by atomic mass is 9.72. The second-order valence-corrected chi connectivity index (χ2v) is 29.4. The van der Waals surface area contributed by atoms with Crippen LogP contribution in [0.15, 0.2) is 0 Å². The average Bonchev–Trinajstić information content (AvgIpc) is 4.04.